The van der Waals surface area contributed by atoms with Crippen molar-refractivity contribution >= 4 is 17.8 Å². The highest BCUT2D eigenvalue weighted by Crippen LogP contribution is 2.27. The van der Waals surface area contributed by atoms with E-state index in [-0.39, 0.29) is 11.8 Å². The van der Waals surface area contributed by atoms with E-state index in [1.165, 1.54) is 18.4 Å². The van der Waals surface area contributed by atoms with Gasteiger partial charge in [0.1, 0.15) is 11.5 Å². The normalized spacial score (nSPS) is 16.4. The lowest BCUT2D eigenvalue weighted by atomic mass is 10.1. The Morgan fingerprint density at radius 1 is 1.20 bits per heavy atom. The molecule has 4 nitrogen and oxygen atoms in total. The summed E-state index contributed by atoms with van der Waals surface area (Å²) in [5.74, 6) is 1.05. The summed E-state index contributed by atoms with van der Waals surface area (Å²) in [7, 11) is 1.68. The number of benzene rings is 2. The molecule has 0 spiro atoms. The Morgan fingerprint density at radius 2 is 1.92 bits per heavy atom. The number of methoxy groups -OCH3 is 1. The van der Waals surface area contributed by atoms with Gasteiger partial charge in [-0.25, -0.2) is 0 Å². The van der Waals surface area contributed by atoms with Crippen LogP contribution in [-0.4, -0.2) is 43.0 Å². The number of ether oxygens (including phenoxy) is 1. The summed E-state index contributed by atoms with van der Waals surface area (Å²) in [5, 5.41) is 10.5. The lowest BCUT2D eigenvalue weighted by Crippen LogP contribution is -2.27. The molecule has 2 aromatic carbocycles. The van der Waals surface area contributed by atoms with Crippen LogP contribution in [0.5, 0.6) is 11.5 Å². The van der Waals surface area contributed by atoms with Crippen molar-refractivity contribution in [2.75, 3.05) is 26.7 Å². The highest BCUT2D eigenvalue weighted by molar-refractivity contribution is 6.30. The third kappa shape index (κ3) is 4.53. The molecule has 2 aromatic rings. The van der Waals surface area contributed by atoms with Crippen molar-refractivity contribution in [3.63, 3.8) is 0 Å². The molecule has 1 heterocycles. The van der Waals surface area contributed by atoms with E-state index in [0.29, 0.717) is 17.1 Å². The molecule has 25 heavy (non-hydrogen) atoms. The zero-order chi connectivity index (χ0) is 17.6. The van der Waals surface area contributed by atoms with Gasteiger partial charge in [-0.3, -0.25) is 9.89 Å². The molecule has 0 aromatic heterocycles. The zero-order valence-electron chi connectivity index (χ0n) is 14.4. The number of phenolic OH excluding ortho intramolecular Hbond substituents is 1. The van der Waals surface area contributed by atoms with Crippen LogP contribution in [0.3, 0.4) is 0 Å². The SMILES string of the molecule is COc1ccc([C@@H](CN=Cc2cc(Cl)ccc2O)N2CCCC2)cc1. The van der Waals surface area contributed by atoms with Gasteiger partial charge in [0.05, 0.1) is 19.7 Å². The van der Waals surface area contributed by atoms with Gasteiger partial charge in [0, 0.05) is 16.8 Å². The maximum Gasteiger partial charge on any atom is 0.124 e. The summed E-state index contributed by atoms with van der Waals surface area (Å²) in [6, 6.07) is 13.4. The van der Waals surface area contributed by atoms with Gasteiger partial charge in [0.25, 0.3) is 0 Å². The maximum absolute atomic E-state index is 9.91. The Kier molecular flexibility index (Phi) is 5.95. The third-order valence-electron chi connectivity index (χ3n) is 4.58. The van der Waals surface area contributed by atoms with E-state index in [4.69, 9.17) is 16.3 Å². The van der Waals surface area contributed by atoms with Crippen molar-refractivity contribution in [3.8, 4) is 11.5 Å². The Balaban J connectivity index is 1.77. The van der Waals surface area contributed by atoms with E-state index in [1.807, 2.05) is 12.1 Å². The summed E-state index contributed by atoms with van der Waals surface area (Å²) in [6.07, 6.45) is 4.16. The molecular weight excluding hydrogens is 336 g/mol. The van der Waals surface area contributed by atoms with Gasteiger partial charge in [0.15, 0.2) is 0 Å². The molecule has 5 heteroatoms. The van der Waals surface area contributed by atoms with Crippen LogP contribution in [0.25, 0.3) is 0 Å². The molecule has 0 radical (unpaired) electrons. The Labute approximate surface area is 153 Å². The Morgan fingerprint density at radius 3 is 2.60 bits per heavy atom. The second-order valence-corrected chi connectivity index (χ2v) is 6.67. The second-order valence-electron chi connectivity index (χ2n) is 6.23. The summed E-state index contributed by atoms with van der Waals surface area (Å²) in [6.45, 7) is 2.82. The predicted octanol–water partition coefficient (Wildman–Crippen LogP) is 4.31. The molecule has 0 amide bonds. The fourth-order valence-electron chi connectivity index (χ4n) is 3.19. The third-order valence-corrected chi connectivity index (χ3v) is 4.82. The van der Waals surface area contributed by atoms with E-state index < -0.39 is 0 Å². The smallest absolute Gasteiger partial charge is 0.124 e. The average Bonchev–Trinajstić information content (AvgIpc) is 3.16. The first-order valence-electron chi connectivity index (χ1n) is 8.54. The van der Waals surface area contributed by atoms with Gasteiger partial charge in [-0.15, -0.1) is 0 Å². The molecule has 1 fully saturated rings. The maximum atomic E-state index is 9.91. The van der Waals surface area contributed by atoms with Gasteiger partial charge in [-0.1, -0.05) is 23.7 Å². The number of rotatable bonds is 6. The van der Waals surface area contributed by atoms with Crippen LogP contribution in [0.4, 0.5) is 0 Å². The Hall–Kier alpha value is -2.04. The monoisotopic (exact) mass is 358 g/mol. The highest BCUT2D eigenvalue weighted by atomic mass is 35.5. The minimum atomic E-state index is 0.190. The fraction of sp³-hybridized carbons (Fsp3) is 0.350. The van der Waals surface area contributed by atoms with Crippen LogP contribution in [0.15, 0.2) is 47.5 Å². The standard InChI is InChI=1S/C20H23ClN2O2/c1-25-18-7-4-15(5-8-18)19(23-10-2-3-11-23)14-22-13-16-12-17(21)6-9-20(16)24/h4-9,12-13,19,24H,2-3,10-11,14H2,1H3/t19-/m1/s1. The molecule has 1 atom stereocenters. The quantitative estimate of drug-likeness (QED) is 0.782. The molecule has 1 aliphatic heterocycles. The molecule has 1 N–H and O–H groups in total. The summed E-state index contributed by atoms with van der Waals surface area (Å²) in [4.78, 5) is 7.06. The van der Waals surface area contributed by atoms with Crippen LogP contribution in [0, 0.1) is 0 Å². The first-order chi connectivity index (χ1) is 12.2. The van der Waals surface area contributed by atoms with Crippen LogP contribution < -0.4 is 4.74 Å². The first-order valence-corrected chi connectivity index (χ1v) is 8.91. The molecule has 132 valence electrons. The molecular formula is C20H23ClN2O2. The van der Waals surface area contributed by atoms with Gasteiger partial charge in [-0.2, -0.15) is 0 Å². The van der Waals surface area contributed by atoms with Crippen molar-refractivity contribution < 1.29 is 9.84 Å². The number of phenols is 1. The number of halogens is 1. The van der Waals surface area contributed by atoms with Crippen molar-refractivity contribution in [3.05, 3.63) is 58.6 Å². The summed E-state index contributed by atoms with van der Waals surface area (Å²) >= 11 is 5.99. The van der Waals surface area contributed by atoms with E-state index in [1.54, 1.807) is 31.5 Å². The topological polar surface area (TPSA) is 45.1 Å². The number of aromatic hydroxyl groups is 1. The van der Waals surface area contributed by atoms with Gasteiger partial charge in [-0.05, 0) is 61.8 Å². The fourth-order valence-corrected chi connectivity index (χ4v) is 3.37. The minimum Gasteiger partial charge on any atom is -0.507 e. The van der Waals surface area contributed by atoms with E-state index in [9.17, 15) is 5.11 Å². The van der Waals surface area contributed by atoms with Crippen LogP contribution in [-0.2, 0) is 0 Å². The Bertz CT molecular complexity index is 725. The van der Waals surface area contributed by atoms with Crippen molar-refractivity contribution in [1.82, 2.24) is 4.90 Å². The summed E-state index contributed by atoms with van der Waals surface area (Å²) < 4.78 is 5.25. The number of hydrogen-bond donors (Lipinski definition) is 1. The summed E-state index contributed by atoms with van der Waals surface area (Å²) in [5.41, 5.74) is 1.87. The van der Waals surface area contributed by atoms with Crippen LogP contribution in [0.1, 0.15) is 30.0 Å². The molecule has 0 saturated carbocycles. The van der Waals surface area contributed by atoms with Crippen LogP contribution in [0.2, 0.25) is 5.02 Å². The number of likely N-dealkylation sites (tertiary alicyclic amines) is 1. The van der Waals surface area contributed by atoms with E-state index in [0.717, 1.165) is 18.8 Å². The first kappa shape index (κ1) is 17.8. The number of nitrogens with zero attached hydrogens (tertiary/aromatic N) is 2. The minimum absolute atomic E-state index is 0.190. The number of aliphatic imine (C=N–C) groups is 1. The molecule has 1 aliphatic rings. The zero-order valence-corrected chi connectivity index (χ0v) is 15.1. The van der Waals surface area contributed by atoms with E-state index in [2.05, 4.69) is 22.0 Å². The van der Waals surface area contributed by atoms with Crippen molar-refractivity contribution in [2.24, 2.45) is 4.99 Å². The number of hydrogen-bond acceptors (Lipinski definition) is 4. The second kappa shape index (κ2) is 8.37. The van der Waals surface area contributed by atoms with Gasteiger partial charge < -0.3 is 9.84 Å². The molecule has 3 rings (SSSR count). The molecule has 1 saturated heterocycles. The largest absolute Gasteiger partial charge is 0.507 e. The lowest BCUT2D eigenvalue weighted by molar-refractivity contribution is 0.252. The molecule has 0 aliphatic carbocycles. The molecule has 0 unspecified atom stereocenters. The molecule has 0 bridgehead atoms. The van der Waals surface area contributed by atoms with Crippen LogP contribution >= 0.6 is 11.6 Å². The van der Waals surface area contributed by atoms with Gasteiger partial charge in [0.2, 0.25) is 0 Å². The average molecular weight is 359 g/mol. The van der Waals surface area contributed by atoms with Crippen molar-refractivity contribution in [1.29, 1.82) is 0 Å². The van der Waals surface area contributed by atoms with Crippen molar-refractivity contribution in [2.45, 2.75) is 18.9 Å². The predicted molar refractivity (Wildman–Crippen MR) is 102 cm³/mol. The lowest BCUT2D eigenvalue weighted by Gasteiger charge is -2.26. The van der Waals surface area contributed by atoms with E-state index >= 15 is 0 Å². The van der Waals surface area contributed by atoms with Gasteiger partial charge >= 0.3 is 0 Å². The highest BCUT2D eigenvalue weighted by Gasteiger charge is 2.23.